The average molecular weight is 379 g/mol. The zero-order valence-corrected chi connectivity index (χ0v) is 16.2. The van der Waals surface area contributed by atoms with Crippen LogP contribution in [-0.2, 0) is 6.54 Å². The molecule has 27 heavy (non-hydrogen) atoms. The highest BCUT2D eigenvalue weighted by atomic mass is 35.5. The van der Waals surface area contributed by atoms with Gasteiger partial charge in [0.25, 0.3) is 5.56 Å². The largest absolute Gasteiger partial charge is 0.299 e. The number of halogens is 1. The molecule has 0 aliphatic carbocycles. The fourth-order valence-corrected chi connectivity index (χ4v) is 3.27. The number of allylic oxidation sites excluding steroid dienone is 1. The summed E-state index contributed by atoms with van der Waals surface area (Å²) in [6.07, 6.45) is 6.92. The van der Waals surface area contributed by atoms with Gasteiger partial charge in [0.1, 0.15) is 5.69 Å². The second-order valence-corrected chi connectivity index (χ2v) is 6.78. The zero-order chi connectivity index (χ0) is 19.1. The van der Waals surface area contributed by atoms with E-state index < -0.39 is 0 Å². The van der Waals surface area contributed by atoms with E-state index in [9.17, 15) is 4.79 Å². The predicted molar refractivity (Wildman–Crippen MR) is 113 cm³/mol. The number of hydrogen-bond donors (Lipinski definition) is 0. The second kappa shape index (κ2) is 9.33. The topological polar surface area (TPSA) is 34.9 Å². The second-order valence-electron chi connectivity index (χ2n) is 6.42. The van der Waals surface area contributed by atoms with Crippen molar-refractivity contribution in [1.29, 1.82) is 0 Å². The van der Waals surface area contributed by atoms with Gasteiger partial charge in [-0.15, -0.1) is 0 Å². The normalized spacial score (nSPS) is 11.2. The molecule has 0 spiro atoms. The molecule has 0 atom stereocenters. The number of nitrogens with zero attached hydrogens (tertiary/aromatic N) is 2. The fraction of sp³-hybridized carbons (Fsp3) is 0.217. The lowest BCUT2D eigenvalue weighted by atomic mass is 10.1. The highest BCUT2D eigenvalue weighted by Crippen LogP contribution is 2.26. The van der Waals surface area contributed by atoms with Crippen molar-refractivity contribution in [3.05, 3.63) is 93.5 Å². The van der Waals surface area contributed by atoms with Gasteiger partial charge < -0.3 is 0 Å². The van der Waals surface area contributed by atoms with Crippen molar-refractivity contribution < 1.29 is 0 Å². The molecule has 1 heterocycles. The van der Waals surface area contributed by atoms with Gasteiger partial charge in [0.15, 0.2) is 5.15 Å². The van der Waals surface area contributed by atoms with E-state index in [2.05, 4.69) is 11.9 Å². The molecule has 3 rings (SSSR count). The molecule has 0 amide bonds. The summed E-state index contributed by atoms with van der Waals surface area (Å²) in [4.78, 5) is 17.6. The summed E-state index contributed by atoms with van der Waals surface area (Å²) in [6.45, 7) is 2.59. The van der Waals surface area contributed by atoms with Crippen LogP contribution in [0.1, 0.15) is 37.4 Å². The predicted octanol–water partition coefficient (Wildman–Crippen LogP) is 5.82. The first-order valence-electron chi connectivity index (χ1n) is 9.27. The Balaban J connectivity index is 2.11. The highest BCUT2D eigenvalue weighted by Gasteiger charge is 2.16. The Labute approximate surface area is 165 Å². The molecule has 0 aliphatic heterocycles. The molecular weight excluding hydrogens is 356 g/mol. The Morgan fingerprint density at radius 3 is 2.37 bits per heavy atom. The third kappa shape index (κ3) is 4.75. The van der Waals surface area contributed by atoms with E-state index in [-0.39, 0.29) is 5.56 Å². The maximum Gasteiger partial charge on any atom is 0.277 e. The van der Waals surface area contributed by atoms with Crippen molar-refractivity contribution in [2.24, 2.45) is 0 Å². The van der Waals surface area contributed by atoms with E-state index in [4.69, 9.17) is 11.6 Å². The summed E-state index contributed by atoms with van der Waals surface area (Å²) >= 11 is 6.54. The molecule has 0 saturated heterocycles. The van der Waals surface area contributed by atoms with Crippen LogP contribution in [0.25, 0.3) is 17.3 Å². The van der Waals surface area contributed by atoms with Crippen LogP contribution >= 0.6 is 11.6 Å². The van der Waals surface area contributed by atoms with Crippen LogP contribution < -0.4 is 5.56 Å². The number of benzene rings is 2. The first-order chi connectivity index (χ1) is 13.2. The minimum absolute atomic E-state index is 0.130. The van der Waals surface area contributed by atoms with Crippen molar-refractivity contribution >= 4 is 17.7 Å². The highest BCUT2D eigenvalue weighted by molar-refractivity contribution is 6.31. The van der Waals surface area contributed by atoms with E-state index in [1.54, 1.807) is 10.6 Å². The Hall–Kier alpha value is -2.65. The number of hydrogen-bond acceptors (Lipinski definition) is 2. The monoisotopic (exact) mass is 378 g/mol. The molecule has 3 nitrogen and oxygen atoms in total. The van der Waals surface area contributed by atoms with Gasteiger partial charge in [-0.25, -0.2) is 4.98 Å². The minimum Gasteiger partial charge on any atom is -0.299 e. The van der Waals surface area contributed by atoms with Crippen LogP contribution in [0, 0.1) is 0 Å². The molecule has 0 fully saturated rings. The molecule has 0 N–H and O–H groups in total. The van der Waals surface area contributed by atoms with Gasteiger partial charge in [-0.3, -0.25) is 9.36 Å². The van der Waals surface area contributed by atoms with Crippen LogP contribution in [0.4, 0.5) is 0 Å². The molecule has 1 aromatic heterocycles. The summed E-state index contributed by atoms with van der Waals surface area (Å²) in [6, 6.07) is 19.6. The maximum absolute atomic E-state index is 13.2. The van der Waals surface area contributed by atoms with E-state index in [0.29, 0.717) is 23.1 Å². The quantitative estimate of drug-likeness (QED) is 0.486. The van der Waals surface area contributed by atoms with Crippen molar-refractivity contribution in [3.8, 4) is 11.3 Å². The Kier molecular flexibility index (Phi) is 6.61. The minimum atomic E-state index is -0.130. The molecule has 3 aromatic rings. The Morgan fingerprint density at radius 2 is 1.70 bits per heavy atom. The van der Waals surface area contributed by atoms with Crippen molar-refractivity contribution in [2.75, 3.05) is 0 Å². The first kappa shape index (κ1) is 19.1. The Morgan fingerprint density at radius 1 is 1.04 bits per heavy atom. The summed E-state index contributed by atoms with van der Waals surface area (Å²) < 4.78 is 1.72. The van der Waals surface area contributed by atoms with Gasteiger partial charge in [0, 0.05) is 5.56 Å². The molecule has 0 saturated carbocycles. The molecule has 0 radical (unpaired) electrons. The van der Waals surface area contributed by atoms with E-state index in [1.165, 1.54) is 0 Å². The Bertz CT molecular complexity index is 963. The van der Waals surface area contributed by atoms with Gasteiger partial charge in [-0.1, -0.05) is 98.1 Å². The van der Waals surface area contributed by atoms with Gasteiger partial charge in [0.05, 0.1) is 12.2 Å². The van der Waals surface area contributed by atoms with Gasteiger partial charge in [-0.05, 0) is 18.1 Å². The van der Waals surface area contributed by atoms with Crippen molar-refractivity contribution in [2.45, 2.75) is 32.7 Å². The summed E-state index contributed by atoms with van der Waals surface area (Å²) in [5, 5.41) is 0.340. The van der Waals surface area contributed by atoms with E-state index >= 15 is 0 Å². The van der Waals surface area contributed by atoms with Crippen LogP contribution in [0.2, 0.25) is 5.15 Å². The van der Waals surface area contributed by atoms with Crippen molar-refractivity contribution in [1.82, 2.24) is 9.55 Å². The number of rotatable bonds is 7. The zero-order valence-electron chi connectivity index (χ0n) is 15.4. The lowest BCUT2D eigenvalue weighted by Gasteiger charge is -2.15. The number of unbranched alkanes of at least 4 members (excludes halogenated alkanes) is 2. The third-order valence-corrected chi connectivity index (χ3v) is 4.64. The molecule has 0 unspecified atom stereocenters. The molecular formula is C23H23ClN2O. The lowest BCUT2D eigenvalue weighted by molar-refractivity contribution is 0.754. The van der Waals surface area contributed by atoms with E-state index in [0.717, 1.165) is 30.4 Å². The molecule has 0 aliphatic rings. The first-order valence-corrected chi connectivity index (χ1v) is 9.64. The molecule has 0 bridgehead atoms. The maximum atomic E-state index is 13.2. The van der Waals surface area contributed by atoms with Gasteiger partial charge >= 0.3 is 0 Å². The van der Waals surface area contributed by atoms with Gasteiger partial charge in [0.2, 0.25) is 0 Å². The van der Waals surface area contributed by atoms with Crippen molar-refractivity contribution in [3.63, 3.8) is 0 Å². The van der Waals surface area contributed by atoms with Gasteiger partial charge in [-0.2, -0.15) is 0 Å². The van der Waals surface area contributed by atoms with Crippen LogP contribution in [-0.4, -0.2) is 9.55 Å². The summed E-state index contributed by atoms with van der Waals surface area (Å²) in [5.74, 6) is 0. The smallest absolute Gasteiger partial charge is 0.277 e. The average Bonchev–Trinajstić information content (AvgIpc) is 2.70. The SMILES string of the molecule is CCCC/C=C/c1nc(Cl)c(-c2ccccc2)n(Cc2ccccc2)c1=O. The lowest BCUT2D eigenvalue weighted by Crippen LogP contribution is -2.26. The molecule has 138 valence electrons. The number of aromatic nitrogens is 2. The molecule has 4 heteroatoms. The fourth-order valence-electron chi connectivity index (χ4n) is 2.97. The van der Waals surface area contributed by atoms with Crippen LogP contribution in [0.15, 0.2) is 71.5 Å². The third-order valence-electron chi connectivity index (χ3n) is 4.38. The van der Waals surface area contributed by atoms with Crippen LogP contribution in [0.5, 0.6) is 0 Å². The van der Waals surface area contributed by atoms with E-state index in [1.807, 2.05) is 66.7 Å². The summed E-state index contributed by atoms with van der Waals surface area (Å²) in [5.41, 5.74) is 2.82. The molecule has 2 aromatic carbocycles. The summed E-state index contributed by atoms with van der Waals surface area (Å²) in [7, 11) is 0. The standard InChI is InChI=1S/C23H23ClN2O/c1-2-3-4-11-16-20-23(27)26(17-18-12-7-5-8-13-18)21(22(24)25-20)19-14-9-6-10-15-19/h5-16H,2-4,17H2,1H3/b16-11+. The van der Waals surface area contributed by atoms with Crippen LogP contribution in [0.3, 0.4) is 0 Å².